The van der Waals surface area contributed by atoms with E-state index in [-0.39, 0.29) is 11.6 Å². The first-order valence-corrected chi connectivity index (χ1v) is 6.29. The Morgan fingerprint density at radius 1 is 1.69 bits per heavy atom. The van der Waals surface area contributed by atoms with Crippen molar-refractivity contribution in [3.05, 3.63) is 29.8 Å². The van der Waals surface area contributed by atoms with Gasteiger partial charge in [0.25, 0.3) is 5.91 Å². The van der Waals surface area contributed by atoms with Gasteiger partial charge in [-0.25, -0.2) is 4.98 Å². The molecule has 1 rings (SSSR count). The zero-order chi connectivity index (χ0) is 12.0. The number of nitrogens with zero attached hydrogens (tertiary/aromatic N) is 1. The van der Waals surface area contributed by atoms with Gasteiger partial charge in [0, 0.05) is 18.0 Å². The van der Waals surface area contributed by atoms with Gasteiger partial charge >= 0.3 is 0 Å². The van der Waals surface area contributed by atoms with E-state index in [2.05, 4.69) is 17.2 Å². The molecule has 0 saturated carbocycles. The molecule has 0 aromatic carbocycles. The summed E-state index contributed by atoms with van der Waals surface area (Å²) in [5.41, 5.74) is -0.00384. The lowest BCUT2D eigenvalue weighted by Gasteiger charge is -2.12. The average Bonchev–Trinajstić information content (AvgIpc) is 2.26. The predicted molar refractivity (Wildman–Crippen MR) is 64.1 cm³/mol. The summed E-state index contributed by atoms with van der Waals surface area (Å²) in [7, 11) is 0. The van der Waals surface area contributed by atoms with Crippen molar-refractivity contribution in [3.63, 3.8) is 0 Å². The fraction of sp³-hybridized carbons (Fsp3) is 0.455. The molecule has 1 amide bonds. The maximum atomic E-state index is 13.2. The molecule has 1 heterocycles. The number of carbonyl (C=O) groups is 1. The van der Waals surface area contributed by atoms with Crippen LogP contribution in [-0.4, -0.2) is 28.4 Å². The van der Waals surface area contributed by atoms with Crippen molar-refractivity contribution in [2.75, 3.05) is 11.5 Å². The van der Waals surface area contributed by atoms with Crippen LogP contribution in [0.15, 0.2) is 18.3 Å². The largest absolute Gasteiger partial charge is 0.349 e. The second kappa shape index (κ2) is 6.48. The Hall–Kier alpha value is -1.10. The molecule has 0 aliphatic carbocycles. The normalized spacial score (nSPS) is 12.2. The van der Waals surface area contributed by atoms with E-state index in [4.69, 9.17) is 0 Å². The monoisotopic (exact) mass is 242 g/mol. The second-order valence-corrected chi connectivity index (χ2v) is 4.69. The molecule has 0 aliphatic rings. The molecule has 1 aromatic heterocycles. The molecule has 0 spiro atoms. The number of halogens is 1. The van der Waals surface area contributed by atoms with Crippen molar-refractivity contribution in [3.8, 4) is 0 Å². The lowest BCUT2D eigenvalue weighted by atomic mass is 10.2. The van der Waals surface area contributed by atoms with Gasteiger partial charge in [-0.2, -0.15) is 16.2 Å². The lowest BCUT2D eigenvalue weighted by molar-refractivity contribution is 0.0939. The maximum absolute atomic E-state index is 13.2. The van der Waals surface area contributed by atoms with E-state index in [1.165, 1.54) is 12.3 Å². The molecule has 0 saturated heterocycles. The van der Waals surface area contributed by atoms with Crippen LogP contribution in [-0.2, 0) is 0 Å². The number of nitrogens with one attached hydrogen (secondary N) is 1. The standard InChI is InChI=1S/C11H15FN2OS/c1-3-16-7-8(2)14-11(15)9-5-4-6-13-10(9)12/h4-6,8H,3,7H2,1-2H3,(H,14,15). The van der Waals surface area contributed by atoms with Gasteiger partial charge in [0.1, 0.15) is 0 Å². The molecule has 1 aromatic rings. The summed E-state index contributed by atoms with van der Waals surface area (Å²) in [5.74, 6) is 0.691. The van der Waals surface area contributed by atoms with Gasteiger partial charge in [0.05, 0.1) is 5.56 Å². The molecule has 0 radical (unpaired) electrons. The van der Waals surface area contributed by atoms with Gasteiger partial charge in [-0.1, -0.05) is 6.92 Å². The highest BCUT2D eigenvalue weighted by molar-refractivity contribution is 7.99. The maximum Gasteiger partial charge on any atom is 0.256 e. The van der Waals surface area contributed by atoms with Crippen LogP contribution < -0.4 is 5.32 Å². The van der Waals surface area contributed by atoms with E-state index in [0.717, 1.165) is 11.5 Å². The fourth-order valence-electron chi connectivity index (χ4n) is 1.19. The molecular weight excluding hydrogens is 227 g/mol. The molecule has 16 heavy (non-hydrogen) atoms. The second-order valence-electron chi connectivity index (χ2n) is 3.38. The first kappa shape index (κ1) is 13.0. The minimum absolute atomic E-state index is 0.00384. The molecule has 0 bridgehead atoms. The number of amides is 1. The fourth-order valence-corrected chi connectivity index (χ4v) is 1.87. The summed E-state index contributed by atoms with van der Waals surface area (Å²) in [5, 5.41) is 2.73. The van der Waals surface area contributed by atoms with Gasteiger partial charge in [0.15, 0.2) is 0 Å². The molecule has 88 valence electrons. The topological polar surface area (TPSA) is 42.0 Å². The lowest BCUT2D eigenvalue weighted by Crippen LogP contribution is -2.34. The van der Waals surface area contributed by atoms with Crippen LogP contribution in [0.2, 0.25) is 0 Å². The van der Waals surface area contributed by atoms with E-state index in [0.29, 0.717) is 0 Å². The number of hydrogen-bond acceptors (Lipinski definition) is 3. The zero-order valence-corrected chi connectivity index (χ0v) is 10.2. The smallest absolute Gasteiger partial charge is 0.256 e. The van der Waals surface area contributed by atoms with E-state index < -0.39 is 11.9 Å². The Morgan fingerprint density at radius 2 is 2.44 bits per heavy atom. The Morgan fingerprint density at radius 3 is 3.06 bits per heavy atom. The zero-order valence-electron chi connectivity index (χ0n) is 9.37. The Bertz CT molecular complexity index is 360. The van der Waals surface area contributed by atoms with Crippen LogP contribution in [0, 0.1) is 5.95 Å². The Kier molecular flexibility index (Phi) is 5.25. The molecule has 0 aliphatic heterocycles. The highest BCUT2D eigenvalue weighted by Crippen LogP contribution is 2.05. The predicted octanol–water partition coefficient (Wildman–Crippen LogP) is 2.09. The van der Waals surface area contributed by atoms with Crippen LogP contribution in [0.4, 0.5) is 4.39 Å². The van der Waals surface area contributed by atoms with Crippen molar-refractivity contribution in [2.45, 2.75) is 19.9 Å². The quantitative estimate of drug-likeness (QED) is 0.804. The SMILES string of the molecule is CCSCC(C)NC(=O)c1cccnc1F. The third kappa shape index (κ3) is 3.81. The van der Waals surface area contributed by atoms with Gasteiger partial charge < -0.3 is 5.32 Å². The summed E-state index contributed by atoms with van der Waals surface area (Å²) in [6, 6.07) is 3.00. The molecular formula is C11H15FN2OS. The van der Waals surface area contributed by atoms with Crippen LogP contribution in [0.5, 0.6) is 0 Å². The van der Waals surface area contributed by atoms with E-state index in [1.54, 1.807) is 17.8 Å². The molecule has 5 heteroatoms. The first-order valence-electron chi connectivity index (χ1n) is 5.14. The van der Waals surface area contributed by atoms with Gasteiger partial charge in [0.2, 0.25) is 5.95 Å². The molecule has 0 fully saturated rings. The highest BCUT2D eigenvalue weighted by atomic mass is 32.2. The number of hydrogen-bond donors (Lipinski definition) is 1. The first-order chi connectivity index (χ1) is 7.65. The van der Waals surface area contributed by atoms with Crippen molar-refractivity contribution in [2.24, 2.45) is 0 Å². The summed E-state index contributed by atoms with van der Waals surface area (Å²) < 4.78 is 13.2. The number of thioether (sulfide) groups is 1. The number of aromatic nitrogens is 1. The van der Waals surface area contributed by atoms with Crippen LogP contribution >= 0.6 is 11.8 Å². The van der Waals surface area contributed by atoms with Gasteiger partial charge in [-0.3, -0.25) is 4.79 Å². The molecule has 3 nitrogen and oxygen atoms in total. The highest BCUT2D eigenvalue weighted by Gasteiger charge is 2.13. The summed E-state index contributed by atoms with van der Waals surface area (Å²) in [6.07, 6.45) is 1.32. The van der Waals surface area contributed by atoms with Crippen LogP contribution in [0.3, 0.4) is 0 Å². The van der Waals surface area contributed by atoms with Gasteiger partial charge in [-0.05, 0) is 24.8 Å². The minimum atomic E-state index is -0.727. The van der Waals surface area contributed by atoms with Crippen molar-refractivity contribution in [1.29, 1.82) is 0 Å². The Balaban J connectivity index is 2.56. The third-order valence-electron chi connectivity index (χ3n) is 1.95. The van der Waals surface area contributed by atoms with Crippen LogP contribution in [0.1, 0.15) is 24.2 Å². The molecule has 1 unspecified atom stereocenters. The van der Waals surface area contributed by atoms with Crippen molar-refractivity contribution >= 4 is 17.7 Å². The average molecular weight is 242 g/mol. The number of pyridine rings is 1. The van der Waals surface area contributed by atoms with E-state index >= 15 is 0 Å². The summed E-state index contributed by atoms with van der Waals surface area (Å²) in [6.45, 7) is 3.95. The number of rotatable bonds is 5. The summed E-state index contributed by atoms with van der Waals surface area (Å²) >= 11 is 1.73. The van der Waals surface area contributed by atoms with Gasteiger partial charge in [-0.15, -0.1) is 0 Å². The third-order valence-corrected chi connectivity index (χ3v) is 3.10. The number of carbonyl (C=O) groups excluding carboxylic acids is 1. The van der Waals surface area contributed by atoms with Crippen molar-refractivity contribution < 1.29 is 9.18 Å². The molecule has 1 N–H and O–H groups in total. The van der Waals surface area contributed by atoms with Crippen LogP contribution in [0.25, 0.3) is 0 Å². The van der Waals surface area contributed by atoms with E-state index in [9.17, 15) is 9.18 Å². The Labute approximate surface area is 98.8 Å². The van der Waals surface area contributed by atoms with Crippen molar-refractivity contribution in [1.82, 2.24) is 10.3 Å². The minimum Gasteiger partial charge on any atom is -0.349 e. The van der Waals surface area contributed by atoms with E-state index in [1.807, 2.05) is 6.92 Å². The summed E-state index contributed by atoms with van der Waals surface area (Å²) in [4.78, 5) is 15.1. The molecule has 1 atom stereocenters.